The molecule has 0 unspecified atom stereocenters. The van der Waals surface area contributed by atoms with E-state index in [9.17, 15) is 30.8 Å². The number of hydrogen-bond donors (Lipinski definition) is 1. The second-order valence-corrected chi connectivity index (χ2v) is 10.4. The third-order valence-corrected chi connectivity index (χ3v) is 8.09. The Kier molecular flexibility index (Phi) is 6.80. The Balaban J connectivity index is 1.58. The van der Waals surface area contributed by atoms with E-state index in [1.807, 2.05) is 0 Å². The van der Waals surface area contributed by atoms with E-state index in [0.29, 0.717) is 17.2 Å². The van der Waals surface area contributed by atoms with Gasteiger partial charge in [0, 0.05) is 31.4 Å². The first-order valence-corrected chi connectivity index (χ1v) is 12.4. The number of anilines is 1. The summed E-state index contributed by atoms with van der Waals surface area (Å²) < 4.78 is 82.1. The Morgan fingerprint density at radius 2 is 1.67 bits per heavy atom. The van der Waals surface area contributed by atoms with Crippen LogP contribution in [0.3, 0.4) is 0 Å². The largest absolute Gasteiger partial charge is 0.478 e. The lowest BCUT2D eigenvalue weighted by molar-refractivity contribution is -0.137. The highest BCUT2D eigenvalue weighted by Crippen LogP contribution is 2.38. The van der Waals surface area contributed by atoms with Crippen molar-refractivity contribution >= 4 is 21.7 Å². The maximum Gasteiger partial charge on any atom is 0.418 e. The maximum atomic E-state index is 13.5. The van der Waals surface area contributed by atoms with E-state index in [1.165, 1.54) is 33.5 Å². The van der Waals surface area contributed by atoms with Gasteiger partial charge in [-0.2, -0.15) is 17.5 Å². The van der Waals surface area contributed by atoms with Crippen LogP contribution in [0.5, 0.6) is 0 Å². The zero-order valence-electron chi connectivity index (χ0n) is 19.0. The van der Waals surface area contributed by atoms with Crippen molar-refractivity contribution < 1.29 is 35.9 Å². The smallest absolute Gasteiger partial charge is 0.418 e. The van der Waals surface area contributed by atoms with Crippen LogP contribution in [0.2, 0.25) is 0 Å². The van der Waals surface area contributed by atoms with Gasteiger partial charge in [0.15, 0.2) is 0 Å². The Morgan fingerprint density at radius 1 is 0.972 bits per heavy atom. The van der Waals surface area contributed by atoms with E-state index in [-0.39, 0.29) is 35.8 Å². The van der Waals surface area contributed by atoms with Gasteiger partial charge in [0.25, 0.3) is 0 Å². The van der Waals surface area contributed by atoms with Gasteiger partial charge in [-0.1, -0.05) is 24.3 Å². The molecule has 3 aromatic carbocycles. The number of nitrogens with zero attached hydrogens (tertiary/aromatic N) is 2. The summed E-state index contributed by atoms with van der Waals surface area (Å²) in [4.78, 5) is 12.5. The van der Waals surface area contributed by atoms with Crippen molar-refractivity contribution in [1.82, 2.24) is 4.31 Å². The van der Waals surface area contributed by atoms with Gasteiger partial charge in [-0.05, 0) is 60.5 Å². The predicted octanol–water partition coefficient (Wildman–Crippen LogP) is 5.11. The first-order valence-electron chi connectivity index (χ1n) is 11.0. The van der Waals surface area contributed by atoms with E-state index in [2.05, 4.69) is 0 Å². The number of alkyl halides is 3. The number of carboxylic acids is 1. The summed E-state index contributed by atoms with van der Waals surface area (Å²) in [5, 5.41) is 9.06. The van der Waals surface area contributed by atoms with Gasteiger partial charge in [-0.25, -0.2) is 17.6 Å². The van der Waals surface area contributed by atoms with Crippen molar-refractivity contribution in [3.8, 4) is 11.1 Å². The predicted molar refractivity (Wildman–Crippen MR) is 126 cm³/mol. The molecule has 6 nitrogen and oxygen atoms in total. The minimum absolute atomic E-state index is 0.00533. The van der Waals surface area contributed by atoms with E-state index in [4.69, 9.17) is 5.11 Å². The van der Waals surface area contributed by atoms with Crippen molar-refractivity contribution in [3.05, 3.63) is 83.7 Å². The summed E-state index contributed by atoms with van der Waals surface area (Å²) in [6, 6.07) is 14.0. The monoisotopic (exact) mass is 522 g/mol. The summed E-state index contributed by atoms with van der Waals surface area (Å²) >= 11 is 0. The normalized spacial score (nSPS) is 17.2. The highest BCUT2D eigenvalue weighted by atomic mass is 32.2. The van der Waals surface area contributed by atoms with Gasteiger partial charge in [0.05, 0.1) is 16.0 Å². The molecule has 3 aromatic rings. The molecule has 0 aliphatic carbocycles. The highest BCUT2D eigenvalue weighted by molar-refractivity contribution is 7.89. The lowest BCUT2D eigenvalue weighted by atomic mass is 10.0. The van der Waals surface area contributed by atoms with Crippen molar-refractivity contribution in [1.29, 1.82) is 0 Å². The van der Waals surface area contributed by atoms with Crippen LogP contribution < -0.4 is 4.90 Å². The van der Waals surface area contributed by atoms with Gasteiger partial charge in [0.2, 0.25) is 10.0 Å². The summed E-state index contributed by atoms with van der Waals surface area (Å²) in [6.07, 6.45) is -4.76. The number of sulfonamides is 1. The molecule has 0 aromatic heterocycles. The maximum absolute atomic E-state index is 13.5. The van der Waals surface area contributed by atoms with Gasteiger partial charge in [0.1, 0.15) is 5.82 Å². The quantitative estimate of drug-likeness (QED) is 0.472. The lowest BCUT2D eigenvalue weighted by Gasteiger charge is -2.40. The Bertz CT molecular complexity index is 1390. The third kappa shape index (κ3) is 5.07. The van der Waals surface area contributed by atoms with Crippen molar-refractivity contribution in [2.24, 2.45) is 0 Å². The van der Waals surface area contributed by atoms with E-state index >= 15 is 0 Å². The van der Waals surface area contributed by atoms with Crippen LogP contribution in [0.25, 0.3) is 11.1 Å². The van der Waals surface area contributed by atoms with Crippen LogP contribution in [-0.2, 0) is 16.2 Å². The summed E-state index contributed by atoms with van der Waals surface area (Å²) in [7, 11) is -3.98. The van der Waals surface area contributed by atoms with Gasteiger partial charge < -0.3 is 10.0 Å². The minimum atomic E-state index is -4.76. The second-order valence-electron chi connectivity index (χ2n) is 8.48. The van der Waals surface area contributed by atoms with Gasteiger partial charge >= 0.3 is 12.1 Å². The molecule has 0 amide bonds. The summed E-state index contributed by atoms with van der Waals surface area (Å²) in [5.41, 5.74) is 0.00243. The average Bonchev–Trinajstić information content (AvgIpc) is 2.83. The van der Waals surface area contributed by atoms with E-state index in [0.717, 1.165) is 12.1 Å². The molecule has 0 spiro atoms. The molecule has 1 N–H and O–H groups in total. The SMILES string of the molecule is C[C@@H]1CN(c2ccc(F)cc2C(F)(F)F)CCN1S(=O)(=O)c1cccc(-c2ccc(C(=O)O)cc2)c1. The molecule has 0 bridgehead atoms. The lowest BCUT2D eigenvalue weighted by Crippen LogP contribution is -2.54. The number of piperazine rings is 1. The number of carbonyl (C=O) groups is 1. The highest BCUT2D eigenvalue weighted by Gasteiger charge is 2.39. The average molecular weight is 523 g/mol. The molecule has 4 rings (SSSR count). The first kappa shape index (κ1) is 25.6. The van der Waals surface area contributed by atoms with E-state index < -0.39 is 39.6 Å². The molecule has 11 heteroatoms. The van der Waals surface area contributed by atoms with Crippen LogP contribution in [0.1, 0.15) is 22.8 Å². The Morgan fingerprint density at radius 3 is 2.28 bits per heavy atom. The van der Waals surface area contributed by atoms with Crippen LogP contribution in [0.15, 0.2) is 71.6 Å². The number of halogens is 4. The molecule has 0 radical (unpaired) electrons. The molecular weight excluding hydrogens is 500 g/mol. The fourth-order valence-corrected chi connectivity index (χ4v) is 5.96. The number of aromatic carboxylic acids is 1. The molecule has 190 valence electrons. The Hall–Kier alpha value is -3.44. The van der Waals surface area contributed by atoms with Gasteiger partial charge in [-0.3, -0.25) is 0 Å². The summed E-state index contributed by atoms with van der Waals surface area (Å²) in [6.45, 7) is 1.53. The van der Waals surface area contributed by atoms with Crippen LogP contribution in [0, 0.1) is 5.82 Å². The van der Waals surface area contributed by atoms with Crippen LogP contribution in [0.4, 0.5) is 23.2 Å². The van der Waals surface area contributed by atoms with Crippen LogP contribution >= 0.6 is 0 Å². The fourth-order valence-electron chi connectivity index (χ4n) is 4.30. The second kappa shape index (κ2) is 9.55. The number of hydrogen-bond acceptors (Lipinski definition) is 4. The molecule has 0 saturated carbocycles. The molecule has 1 heterocycles. The molecule has 1 fully saturated rings. The summed E-state index contributed by atoms with van der Waals surface area (Å²) in [5.74, 6) is -2.08. The molecule has 1 atom stereocenters. The Labute approximate surface area is 205 Å². The van der Waals surface area contributed by atoms with Gasteiger partial charge in [-0.15, -0.1) is 0 Å². The molecule has 1 aliphatic rings. The first-order chi connectivity index (χ1) is 16.9. The van der Waals surface area contributed by atoms with Crippen molar-refractivity contribution in [3.63, 3.8) is 0 Å². The molecule has 36 heavy (non-hydrogen) atoms. The van der Waals surface area contributed by atoms with Crippen LogP contribution in [-0.4, -0.2) is 49.5 Å². The van der Waals surface area contributed by atoms with Crippen molar-refractivity contribution in [2.75, 3.05) is 24.5 Å². The zero-order chi connectivity index (χ0) is 26.3. The van der Waals surface area contributed by atoms with Crippen molar-refractivity contribution in [2.45, 2.75) is 24.0 Å². The third-order valence-electron chi connectivity index (χ3n) is 6.08. The fraction of sp³-hybridized carbons (Fsp3) is 0.240. The standard InChI is InChI=1S/C25H22F4N2O4S/c1-16-15-30(23-10-9-20(26)14-22(23)25(27,28)29)11-12-31(16)36(34,35)21-4-2-3-19(13-21)17-5-7-18(8-6-17)24(32)33/h2-10,13-14,16H,11-12,15H2,1H3,(H,32,33)/t16-/m1/s1. The molecule has 1 aliphatic heterocycles. The minimum Gasteiger partial charge on any atom is -0.478 e. The zero-order valence-corrected chi connectivity index (χ0v) is 19.9. The topological polar surface area (TPSA) is 77.9 Å². The molecule has 1 saturated heterocycles. The number of carboxylic acid groups (broad SMARTS) is 1. The number of benzene rings is 3. The number of rotatable bonds is 5. The molecular formula is C25H22F4N2O4S. The van der Waals surface area contributed by atoms with E-state index in [1.54, 1.807) is 31.2 Å².